The minimum atomic E-state index is 0.00437. The third-order valence-electron chi connectivity index (χ3n) is 3.93. The number of rotatable bonds is 4. The summed E-state index contributed by atoms with van der Waals surface area (Å²) in [6, 6.07) is 5.86. The van der Waals surface area contributed by atoms with E-state index in [-0.39, 0.29) is 18.6 Å². The molecule has 1 saturated heterocycles. The average Bonchev–Trinajstić information content (AvgIpc) is 2.46. The molecule has 1 aromatic rings. The Balaban J connectivity index is 1.89. The van der Waals surface area contributed by atoms with E-state index in [1.54, 1.807) is 0 Å². The zero-order chi connectivity index (χ0) is 15.4. The second kappa shape index (κ2) is 6.91. The predicted molar refractivity (Wildman–Crippen MR) is 83.4 cm³/mol. The Labute approximate surface area is 126 Å². The van der Waals surface area contributed by atoms with Gasteiger partial charge in [-0.15, -0.1) is 0 Å². The third-order valence-corrected chi connectivity index (χ3v) is 3.93. The van der Waals surface area contributed by atoms with Gasteiger partial charge in [-0.1, -0.05) is 12.1 Å². The molecule has 0 spiro atoms. The standard InChI is InChI=1S/C16H25N3O2/c1-12-10-14(13(2)17)4-5-15(12)21-11-16(20)19-8-6-18(3)7-9-19/h4-5,10,13H,6-9,11,17H2,1-3H3. The molecule has 0 aliphatic carbocycles. The maximum absolute atomic E-state index is 12.1. The van der Waals surface area contributed by atoms with E-state index in [0.717, 1.165) is 43.1 Å². The number of ether oxygens (including phenoxy) is 1. The van der Waals surface area contributed by atoms with Crippen molar-refractivity contribution in [1.82, 2.24) is 9.80 Å². The van der Waals surface area contributed by atoms with Crippen molar-refractivity contribution >= 4 is 5.91 Å². The van der Waals surface area contributed by atoms with Crippen molar-refractivity contribution in [3.63, 3.8) is 0 Å². The number of likely N-dealkylation sites (N-methyl/N-ethyl adjacent to an activating group) is 1. The minimum absolute atomic E-state index is 0.00437. The lowest BCUT2D eigenvalue weighted by Crippen LogP contribution is -2.48. The van der Waals surface area contributed by atoms with Crippen molar-refractivity contribution in [2.45, 2.75) is 19.9 Å². The van der Waals surface area contributed by atoms with Gasteiger partial charge in [0.15, 0.2) is 6.61 Å². The molecule has 0 radical (unpaired) electrons. The molecule has 1 atom stereocenters. The molecule has 116 valence electrons. The summed E-state index contributed by atoms with van der Waals surface area (Å²) < 4.78 is 5.67. The molecule has 1 amide bonds. The van der Waals surface area contributed by atoms with Crippen molar-refractivity contribution in [2.24, 2.45) is 5.73 Å². The fourth-order valence-electron chi connectivity index (χ4n) is 2.40. The number of carbonyl (C=O) groups is 1. The number of carbonyl (C=O) groups excluding carboxylic acids is 1. The highest BCUT2D eigenvalue weighted by Crippen LogP contribution is 2.21. The van der Waals surface area contributed by atoms with Gasteiger partial charge in [0, 0.05) is 32.2 Å². The van der Waals surface area contributed by atoms with E-state index in [1.807, 2.05) is 36.9 Å². The molecule has 21 heavy (non-hydrogen) atoms. The van der Waals surface area contributed by atoms with Crippen LogP contribution >= 0.6 is 0 Å². The third kappa shape index (κ3) is 4.19. The number of hydrogen-bond donors (Lipinski definition) is 1. The molecule has 0 bridgehead atoms. The van der Waals surface area contributed by atoms with Crippen LogP contribution in [-0.4, -0.2) is 55.5 Å². The van der Waals surface area contributed by atoms with Gasteiger partial charge in [-0.3, -0.25) is 4.79 Å². The molecular weight excluding hydrogens is 266 g/mol. The highest BCUT2D eigenvalue weighted by Gasteiger charge is 2.19. The van der Waals surface area contributed by atoms with Crippen LogP contribution in [0.3, 0.4) is 0 Å². The van der Waals surface area contributed by atoms with Crippen molar-refractivity contribution in [3.05, 3.63) is 29.3 Å². The van der Waals surface area contributed by atoms with Crippen LogP contribution in [0.2, 0.25) is 0 Å². The summed E-state index contributed by atoms with van der Waals surface area (Å²) in [7, 11) is 2.07. The molecule has 1 aliphatic rings. The Morgan fingerprint density at radius 3 is 2.57 bits per heavy atom. The van der Waals surface area contributed by atoms with Crippen LogP contribution in [0.25, 0.3) is 0 Å². The molecule has 1 fully saturated rings. The molecule has 2 rings (SSSR count). The van der Waals surface area contributed by atoms with E-state index in [4.69, 9.17) is 10.5 Å². The van der Waals surface area contributed by atoms with E-state index in [2.05, 4.69) is 11.9 Å². The lowest BCUT2D eigenvalue weighted by atomic mass is 10.1. The molecule has 0 saturated carbocycles. The average molecular weight is 291 g/mol. The van der Waals surface area contributed by atoms with Crippen molar-refractivity contribution in [1.29, 1.82) is 0 Å². The van der Waals surface area contributed by atoms with Gasteiger partial charge in [0.1, 0.15) is 5.75 Å². The Morgan fingerprint density at radius 2 is 2.00 bits per heavy atom. The van der Waals surface area contributed by atoms with Gasteiger partial charge >= 0.3 is 0 Å². The summed E-state index contributed by atoms with van der Waals surface area (Å²) in [5.74, 6) is 0.806. The molecule has 1 unspecified atom stereocenters. The zero-order valence-corrected chi connectivity index (χ0v) is 13.1. The Morgan fingerprint density at radius 1 is 1.33 bits per heavy atom. The number of benzene rings is 1. The van der Waals surface area contributed by atoms with Gasteiger partial charge in [0.2, 0.25) is 0 Å². The van der Waals surface area contributed by atoms with E-state index < -0.39 is 0 Å². The van der Waals surface area contributed by atoms with Crippen LogP contribution in [0.5, 0.6) is 5.75 Å². The van der Waals surface area contributed by atoms with E-state index >= 15 is 0 Å². The fourth-order valence-corrected chi connectivity index (χ4v) is 2.40. The monoisotopic (exact) mass is 291 g/mol. The Hall–Kier alpha value is -1.59. The van der Waals surface area contributed by atoms with Crippen LogP contribution in [0.15, 0.2) is 18.2 Å². The highest BCUT2D eigenvalue weighted by atomic mass is 16.5. The predicted octanol–water partition coefficient (Wildman–Crippen LogP) is 1.17. The van der Waals surface area contributed by atoms with E-state index in [9.17, 15) is 4.79 Å². The summed E-state index contributed by atoms with van der Waals surface area (Å²) in [4.78, 5) is 16.2. The largest absolute Gasteiger partial charge is 0.484 e. The number of piperazine rings is 1. The molecular formula is C16H25N3O2. The Kier molecular flexibility index (Phi) is 5.20. The van der Waals surface area contributed by atoms with Crippen molar-refractivity contribution < 1.29 is 9.53 Å². The van der Waals surface area contributed by atoms with Gasteiger partial charge in [0.25, 0.3) is 5.91 Å². The first kappa shape index (κ1) is 15.8. The first-order valence-corrected chi connectivity index (χ1v) is 7.42. The van der Waals surface area contributed by atoms with Gasteiger partial charge in [-0.2, -0.15) is 0 Å². The molecule has 5 nitrogen and oxygen atoms in total. The quantitative estimate of drug-likeness (QED) is 0.904. The summed E-state index contributed by atoms with van der Waals surface area (Å²) >= 11 is 0. The molecule has 0 aromatic heterocycles. The maximum Gasteiger partial charge on any atom is 0.260 e. The SMILES string of the molecule is Cc1cc(C(C)N)ccc1OCC(=O)N1CCN(C)CC1. The lowest BCUT2D eigenvalue weighted by molar-refractivity contribution is -0.134. The zero-order valence-electron chi connectivity index (χ0n) is 13.1. The second-order valence-corrected chi connectivity index (χ2v) is 5.79. The van der Waals surface area contributed by atoms with Crippen LogP contribution in [0.1, 0.15) is 24.1 Å². The van der Waals surface area contributed by atoms with Gasteiger partial charge in [-0.25, -0.2) is 0 Å². The van der Waals surface area contributed by atoms with Gasteiger partial charge in [-0.05, 0) is 38.1 Å². The lowest BCUT2D eigenvalue weighted by Gasteiger charge is -2.32. The number of nitrogens with two attached hydrogens (primary N) is 1. The normalized spacial score (nSPS) is 17.6. The van der Waals surface area contributed by atoms with E-state index in [0.29, 0.717) is 0 Å². The van der Waals surface area contributed by atoms with Crippen molar-refractivity contribution in [2.75, 3.05) is 39.8 Å². The second-order valence-electron chi connectivity index (χ2n) is 5.79. The van der Waals surface area contributed by atoms with Crippen LogP contribution < -0.4 is 10.5 Å². The maximum atomic E-state index is 12.1. The molecule has 2 N–H and O–H groups in total. The molecule has 1 aromatic carbocycles. The van der Waals surface area contributed by atoms with Crippen LogP contribution in [-0.2, 0) is 4.79 Å². The molecule has 1 heterocycles. The first-order chi connectivity index (χ1) is 9.97. The smallest absolute Gasteiger partial charge is 0.260 e. The highest BCUT2D eigenvalue weighted by molar-refractivity contribution is 5.78. The van der Waals surface area contributed by atoms with Gasteiger partial charge in [0.05, 0.1) is 0 Å². The fraction of sp³-hybridized carbons (Fsp3) is 0.562. The number of amides is 1. The van der Waals surface area contributed by atoms with Crippen molar-refractivity contribution in [3.8, 4) is 5.75 Å². The summed E-state index contributed by atoms with van der Waals surface area (Å²) in [6.45, 7) is 7.43. The van der Waals surface area contributed by atoms with Crippen LogP contribution in [0, 0.1) is 6.92 Å². The number of nitrogens with zero attached hydrogens (tertiary/aromatic N) is 2. The summed E-state index contributed by atoms with van der Waals surface area (Å²) in [5.41, 5.74) is 7.94. The topological polar surface area (TPSA) is 58.8 Å². The molecule has 5 heteroatoms. The summed E-state index contributed by atoms with van der Waals surface area (Å²) in [5, 5.41) is 0. The molecule has 1 aliphatic heterocycles. The number of aryl methyl sites for hydroxylation is 1. The van der Waals surface area contributed by atoms with Gasteiger partial charge < -0.3 is 20.3 Å². The van der Waals surface area contributed by atoms with E-state index in [1.165, 1.54) is 0 Å². The Bertz CT molecular complexity index is 494. The summed E-state index contributed by atoms with van der Waals surface area (Å²) in [6.07, 6.45) is 0. The minimum Gasteiger partial charge on any atom is -0.484 e. The van der Waals surface area contributed by atoms with Crippen LogP contribution in [0.4, 0.5) is 0 Å². The first-order valence-electron chi connectivity index (χ1n) is 7.42. The number of hydrogen-bond acceptors (Lipinski definition) is 4.